The highest BCUT2D eigenvalue weighted by molar-refractivity contribution is 6.31. The van der Waals surface area contributed by atoms with Gasteiger partial charge in [0.1, 0.15) is 35.1 Å². The van der Waals surface area contributed by atoms with Gasteiger partial charge in [-0.15, -0.1) is 0 Å². The third-order valence-corrected chi connectivity index (χ3v) is 6.23. The van der Waals surface area contributed by atoms with Crippen LogP contribution < -0.4 is 25.1 Å². The maximum absolute atomic E-state index is 13.7. The largest absolute Gasteiger partial charge is 0.497 e. The Labute approximate surface area is 235 Å². The van der Waals surface area contributed by atoms with E-state index in [2.05, 4.69) is 15.3 Å². The van der Waals surface area contributed by atoms with E-state index in [0.29, 0.717) is 55.9 Å². The first kappa shape index (κ1) is 28.4. The highest BCUT2D eigenvalue weighted by Gasteiger charge is 2.19. The van der Waals surface area contributed by atoms with Gasteiger partial charge in [-0.25, -0.2) is 4.99 Å². The fraction of sp³-hybridized carbons (Fsp3) is 0.241. The molecule has 4 rings (SSSR count). The molecule has 208 valence electrons. The Kier molecular flexibility index (Phi) is 8.90. The first-order valence-corrected chi connectivity index (χ1v) is 12.6. The molecule has 0 fully saturated rings. The summed E-state index contributed by atoms with van der Waals surface area (Å²) in [6.07, 6.45) is 1.81. The van der Waals surface area contributed by atoms with E-state index < -0.39 is 5.91 Å². The Bertz CT molecular complexity index is 1650. The average Bonchev–Trinajstić information content (AvgIpc) is 2.96. The van der Waals surface area contributed by atoms with Crippen LogP contribution in [0.15, 0.2) is 58.1 Å². The number of aryl methyl sites for hydroxylation is 1. The minimum atomic E-state index is -0.544. The van der Waals surface area contributed by atoms with Crippen molar-refractivity contribution in [2.75, 3.05) is 26.6 Å². The molecule has 0 spiro atoms. The Morgan fingerprint density at radius 1 is 1.02 bits per heavy atom. The van der Waals surface area contributed by atoms with Gasteiger partial charge < -0.3 is 28.7 Å². The molecule has 0 saturated heterocycles. The number of carbonyl (C=O) groups excluding carboxylic acids is 2. The smallest absolute Gasteiger partial charge is 0.305 e. The lowest BCUT2D eigenvalue weighted by Gasteiger charge is -2.13. The van der Waals surface area contributed by atoms with Crippen LogP contribution in [0.2, 0.25) is 5.02 Å². The van der Waals surface area contributed by atoms with Crippen molar-refractivity contribution in [1.82, 2.24) is 4.98 Å². The Morgan fingerprint density at radius 3 is 2.48 bits per heavy atom. The van der Waals surface area contributed by atoms with Crippen LogP contribution >= 0.6 is 11.6 Å². The number of hydrogen-bond acceptors (Lipinski definition) is 9. The summed E-state index contributed by atoms with van der Waals surface area (Å²) in [5.41, 5.74) is 2.30. The number of amides is 1. The summed E-state index contributed by atoms with van der Waals surface area (Å²) in [5.74, 6) is 0.476. The lowest BCUT2D eigenvalue weighted by atomic mass is 10.1. The molecule has 11 heteroatoms. The van der Waals surface area contributed by atoms with E-state index in [0.717, 1.165) is 0 Å². The van der Waals surface area contributed by atoms with E-state index in [-0.39, 0.29) is 30.1 Å². The van der Waals surface area contributed by atoms with Crippen LogP contribution in [0.4, 0.5) is 11.4 Å². The molecule has 2 aromatic carbocycles. The molecule has 0 aliphatic carbocycles. The van der Waals surface area contributed by atoms with E-state index >= 15 is 0 Å². The Morgan fingerprint density at radius 2 is 1.77 bits per heavy atom. The number of ether oxygens (including phenoxy) is 4. The summed E-state index contributed by atoms with van der Waals surface area (Å²) in [7, 11) is 4.53. The molecular weight excluding hydrogens is 538 g/mol. The average molecular weight is 566 g/mol. The molecule has 40 heavy (non-hydrogen) atoms. The lowest BCUT2D eigenvalue weighted by Crippen LogP contribution is -2.22. The number of esters is 1. The second-order valence-electron chi connectivity index (χ2n) is 8.54. The topological polar surface area (TPSA) is 121 Å². The highest BCUT2D eigenvalue weighted by atomic mass is 35.5. The summed E-state index contributed by atoms with van der Waals surface area (Å²) in [4.78, 5) is 34.6. The fourth-order valence-corrected chi connectivity index (χ4v) is 4.04. The van der Waals surface area contributed by atoms with Crippen molar-refractivity contribution in [3.8, 4) is 17.2 Å². The number of carbonyl (C=O) groups is 2. The third-order valence-electron chi connectivity index (χ3n) is 5.99. The van der Waals surface area contributed by atoms with E-state index in [1.54, 1.807) is 62.5 Å². The number of hydrogen-bond donors (Lipinski definition) is 1. The molecule has 0 saturated carbocycles. The molecule has 1 amide bonds. The zero-order chi connectivity index (χ0) is 28.8. The SMILES string of the molecule is CCC(=O)OCc1cnc(C)c2oc(=Nc3cc(OC)ccc3OC)c(C(=O)Nc3cc(Cl)ccc3OC)cc12. The van der Waals surface area contributed by atoms with Gasteiger partial charge in [0.25, 0.3) is 5.91 Å². The molecule has 0 aliphatic heterocycles. The first-order valence-electron chi connectivity index (χ1n) is 12.3. The molecule has 4 aromatic rings. The number of rotatable bonds is 9. The molecule has 1 N–H and O–H groups in total. The lowest BCUT2D eigenvalue weighted by molar-refractivity contribution is -0.144. The van der Waals surface area contributed by atoms with Crippen LogP contribution in [0.5, 0.6) is 17.2 Å². The summed E-state index contributed by atoms with van der Waals surface area (Å²) < 4.78 is 27.8. The standard InChI is InChI=1S/C29H28ClN3O7/c1-6-26(34)39-15-17-14-31-16(2)27-20(17)13-21(28(35)32-22-11-18(30)7-9-24(22)37-4)29(40-27)33-23-12-19(36-3)8-10-25(23)38-5/h7-14H,6,15H2,1-5H3,(H,32,35). The zero-order valence-corrected chi connectivity index (χ0v) is 23.4. The van der Waals surface area contributed by atoms with E-state index in [1.165, 1.54) is 21.3 Å². The molecule has 10 nitrogen and oxygen atoms in total. The monoisotopic (exact) mass is 565 g/mol. The van der Waals surface area contributed by atoms with Crippen molar-refractivity contribution in [2.45, 2.75) is 26.9 Å². The van der Waals surface area contributed by atoms with Crippen molar-refractivity contribution in [2.24, 2.45) is 4.99 Å². The maximum Gasteiger partial charge on any atom is 0.305 e. The number of pyridine rings is 1. The van der Waals surface area contributed by atoms with Gasteiger partial charge in [0, 0.05) is 34.7 Å². The van der Waals surface area contributed by atoms with Gasteiger partial charge in [-0.05, 0) is 43.3 Å². The minimum absolute atomic E-state index is 0.00912. The van der Waals surface area contributed by atoms with Crippen molar-refractivity contribution in [3.05, 3.63) is 76.1 Å². The minimum Gasteiger partial charge on any atom is -0.497 e. The first-order chi connectivity index (χ1) is 19.3. The summed E-state index contributed by atoms with van der Waals surface area (Å²) in [6, 6.07) is 11.6. The van der Waals surface area contributed by atoms with Crippen LogP contribution in [-0.4, -0.2) is 38.2 Å². The van der Waals surface area contributed by atoms with Gasteiger partial charge in [-0.2, -0.15) is 0 Å². The normalized spacial score (nSPS) is 11.3. The third kappa shape index (κ3) is 6.18. The number of benzene rings is 2. The van der Waals surface area contributed by atoms with E-state index in [1.807, 2.05) is 0 Å². The Balaban J connectivity index is 1.95. The van der Waals surface area contributed by atoms with Crippen LogP contribution in [0.25, 0.3) is 11.0 Å². The van der Waals surface area contributed by atoms with E-state index in [9.17, 15) is 9.59 Å². The van der Waals surface area contributed by atoms with Gasteiger partial charge in [0.15, 0.2) is 5.58 Å². The maximum atomic E-state index is 13.7. The number of fused-ring (bicyclic) bond motifs is 1. The summed E-state index contributed by atoms with van der Waals surface area (Å²) in [6.45, 7) is 3.42. The number of anilines is 1. The molecule has 0 radical (unpaired) electrons. The second-order valence-corrected chi connectivity index (χ2v) is 8.98. The van der Waals surface area contributed by atoms with Gasteiger partial charge in [-0.3, -0.25) is 14.6 Å². The van der Waals surface area contributed by atoms with Crippen molar-refractivity contribution >= 4 is 45.8 Å². The van der Waals surface area contributed by atoms with Crippen LogP contribution in [-0.2, 0) is 16.1 Å². The van der Waals surface area contributed by atoms with Crippen molar-refractivity contribution in [1.29, 1.82) is 0 Å². The number of aromatic nitrogens is 1. The predicted molar refractivity (Wildman–Crippen MR) is 150 cm³/mol. The second kappa shape index (κ2) is 12.5. The van der Waals surface area contributed by atoms with Gasteiger partial charge in [0.05, 0.1) is 32.7 Å². The number of nitrogens with zero attached hydrogens (tertiary/aromatic N) is 2. The quantitative estimate of drug-likeness (QED) is 0.254. The molecule has 2 heterocycles. The molecule has 0 unspecified atom stereocenters. The van der Waals surface area contributed by atoms with Gasteiger partial charge in [-0.1, -0.05) is 18.5 Å². The molecule has 2 aromatic heterocycles. The van der Waals surface area contributed by atoms with Gasteiger partial charge >= 0.3 is 5.97 Å². The number of methoxy groups -OCH3 is 3. The highest BCUT2D eigenvalue weighted by Crippen LogP contribution is 2.32. The number of halogens is 1. The van der Waals surface area contributed by atoms with E-state index in [4.69, 9.17) is 35.0 Å². The molecular formula is C29H28ClN3O7. The van der Waals surface area contributed by atoms with Crippen LogP contribution in [0.3, 0.4) is 0 Å². The van der Waals surface area contributed by atoms with Crippen LogP contribution in [0.1, 0.15) is 35.0 Å². The summed E-state index contributed by atoms with van der Waals surface area (Å²) in [5, 5.41) is 3.78. The summed E-state index contributed by atoms with van der Waals surface area (Å²) >= 11 is 6.17. The Hall–Kier alpha value is -4.57. The molecule has 0 aliphatic rings. The zero-order valence-electron chi connectivity index (χ0n) is 22.7. The molecule has 0 bridgehead atoms. The van der Waals surface area contributed by atoms with Crippen LogP contribution in [0, 0.1) is 6.92 Å². The van der Waals surface area contributed by atoms with Crippen molar-refractivity contribution in [3.63, 3.8) is 0 Å². The molecule has 0 atom stereocenters. The number of nitrogens with one attached hydrogen (secondary N) is 1. The van der Waals surface area contributed by atoms with Gasteiger partial charge in [0.2, 0.25) is 5.55 Å². The fourth-order valence-electron chi connectivity index (χ4n) is 3.87. The predicted octanol–water partition coefficient (Wildman–Crippen LogP) is 5.75. The van der Waals surface area contributed by atoms with Crippen molar-refractivity contribution < 1.29 is 33.0 Å².